The lowest BCUT2D eigenvalue weighted by Gasteiger charge is -2.29. The Bertz CT molecular complexity index is 169. The maximum Gasteiger partial charge on any atom is -0.0202 e. The van der Waals surface area contributed by atoms with Gasteiger partial charge in [-0.05, 0) is 42.4 Å². The van der Waals surface area contributed by atoms with Crippen LogP contribution < -0.4 is 0 Å². The van der Waals surface area contributed by atoms with E-state index in [2.05, 4.69) is 26.5 Å². The molecule has 2 aliphatic carbocycles. The molecule has 0 aliphatic heterocycles. The van der Waals surface area contributed by atoms with Crippen LogP contribution in [0.4, 0.5) is 0 Å². The normalized spacial score (nSPS) is 54.9. The molecular weight excluding hydrogens is 132 g/mol. The molecule has 2 aliphatic rings. The third-order valence-corrected chi connectivity index (χ3v) is 4.25. The fourth-order valence-electron chi connectivity index (χ4n) is 3.27. The second-order valence-electron chi connectivity index (χ2n) is 4.51. The zero-order valence-corrected chi connectivity index (χ0v) is 7.59. The van der Waals surface area contributed by atoms with Gasteiger partial charge in [0.15, 0.2) is 0 Å². The molecule has 5 atom stereocenters. The highest BCUT2D eigenvalue weighted by Crippen LogP contribution is 2.55. The first-order valence-electron chi connectivity index (χ1n) is 4.86. The maximum atomic E-state index is 3.92. The van der Waals surface area contributed by atoms with E-state index in [1.54, 1.807) is 0 Å². The monoisotopic (exact) mass is 150 g/mol. The molecule has 0 saturated heterocycles. The van der Waals surface area contributed by atoms with Crippen molar-refractivity contribution in [3.63, 3.8) is 0 Å². The molecule has 0 N–H and O–H groups in total. The maximum absolute atomic E-state index is 3.92. The lowest BCUT2D eigenvalue weighted by atomic mass is 9.76. The molecule has 2 bridgehead atoms. The summed E-state index contributed by atoms with van der Waals surface area (Å²) in [6.07, 6.45) is 5.10. The fraction of sp³-hybridized carbons (Fsp3) is 0.818. The van der Waals surface area contributed by atoms with Gasteiger partial charge in [0.25, 0.3) is 0 Å². The number of hydrogen-bond acceptors (Lipinski definition) is 0. The van der Waals surface area contributed by atoms with E-state index in [1.807, 2.05) is 0 Å². The molecule has 0 radical (unpaired) electrons. The van der Waals surface area contributed by atoms with Crippen LogP contribution in [0.5, 0.6) is 0 Å². The van der Waals surface area contributed by atoms with Gasteiger partial charge in [0.2, 0.25) is 0 Å². The standard InChI is InChI=1S/C11H18/c1-4-9-5-10-6-11(9)8(3)7(10)2/h4,7-11H,1,5-6H2,2-3H3. The Kier molecular flexibility index (Phi) is 1.59. The molecule has 0 amide bonds. The van der Waals surface area contributed by atoms with Gasteiger partial charge in [0.1, 0.15) is 0 Å². The van der Waals surface area contributed by atoms with E-state index >= 15 is 0 Å². The van der Waals surface area contributed by atoms with E-state index in [0.717, 1.165) is 29.6 Å². The Labute approximate surface area is 69.7 Å². The average Bonchev–Trinajstić information content (AvgIpc) is 2.53. The van der Waals surface area contributed by atoms with E-state index in [1.165, 1.54) is 12.8 Å². The van der Waals surface area contributed by atoms with Gasteiger partial charge in [-0.3, -0.25) is 0 Å². The zero-order chi connectivity index (χ0) is 8.01. The topological polar surface area (TPSA) is 0 Å². The number of fused-ring (bicyclic) bond motifs is 2. The van der Waals surface area contributed by atoms with Gasteiger partial charge in [-0.25, -0.2) is 0 Å². The summed E-state index contributed by atoms with van der Waals surface area (Å²) in [6, 6.07) is 0. The van der Waals surface area contributed by atoms with E-state index in [-0.39, 0.29) is 0 Å². The van der Waals surface area contributed by atoms with Crippen molar-refractivity contribution in [3.8, 4) is 0 Å². The third-order valence-electron chi connectivity index (χ3n) is 4.25. The Morgan fingerprint density at radius 1 is 1.18 bits per heavy atom. The first-order chi connectivity index (χ1) is 5.24. The highest BCUT2D eigenvalue weighted by atomic mass is 14.5. The summed E-state index contributed by atoms with van der Waals surface area (Å²) < 4.78 is 0. The molecule has 0 aromatic heterocycles. The van der Waals surface area contributed by atoms with Crippen molar-refractivity contribution in [2.45, 2.75) is 26.7 Å². The first-order valence-corrected chi connectivity index (χ1v) is 4.86. The van der Waals surface area contributed by atoms with E-state index in [0.29, 0.717) is 0 Å². The van der Waals surface area contributed by atoms with Gasteiger partial charge in [0.05, 0.1) is 0 Å². The minimum Gasteiger partial charge on any atom is -0.103 e. The molecule has 0 heterocycles. The molecule has 0 aromatic rings. The fourth-order valence-corrected chi connectivity index (χ4v) is 3.27. The molecule has 5 unspecified atom stereocenters. The number of rotatable bonds is 1. The van der Waals surface area contributed by atoms with E-state index in [4.69, 9.17) is 0 Å². The van der Waals surface area contributed by atoms with Crippen molar-refractivity contribution in [3.05, 3.63) is 12.7 Å². The van der Waals surface area contributed by atoms with Gasteiger partial charge >= 0.3 is 0 Å². The van der Waals surface area contributed by atoms with Crippen LogP contribution in [0, 0.1) is 29.6 Å². The average molecular weight is 150 g/mol. The second kappa shape index (κ2) is 2.36. The van der Waals surface area contributed by atoms with Crippen molar-refractivity contribution in [2.75, 3.05) is 0 Å². The van der Waals surface area contributed by atoms with Gasteiger partial charge < -0.3 is 0 Å². The van der Waals surface area contributed by atoms with Gasteiger partial charge in [0, 0.05) is 0 Å². The van der Waals surface area contributed by atoms with E-state index < -0.39 is 0 Å². The molecule has 2 fully saturated rings. The summed E-state index contributed by atoms with van der Waals surface area (Å²) in [4.78, 5) is 0. The van der Waals surface area contributed by atoms with Crippen LogP contribution in [0.25, 0.3) is 0 Å². The highest BCUT2D eigenvalue weighted by molar-refractivity contribution is 5.02. The summed E-state index contributed by atoms with van der Waals surface area (Å²) >= 11 is 0. The Morgan fingerprint density at radius 2 is 1.91 bits per heavy atom. The summed E-state index contributed by atoms with van der Waals surface area (Å²) in [5.41, 5.74) is 0. The Morgan fingerprint density at radius 3 is 2.36 bits per heavy atom. The predicted molar refractivity (Wildman–Crippen MR) is 48.2 cm³/mol. The van der Waals surface area contributed by atoms with Crippen LogP contribution in [0.3, 0.4) is 0 Å². The van der Waals surface area contributed by atoms with Crippen molar-refractivity contribution >= 4 is 0 Å². The van der Waals surface area contributed by atoms with Crippen molar-refractivity contribution in [2.24, 2.45) is 29.6 Å². The predicted octanol–water partition coefficient (Wildman–Crippen LogP) is 3.10. The van der Waals surface area contributed by atoms with Crippen molar-refractivity contribution < 1.29 is 0 Å². The molecule has 2 saturated carbocycles. The molecule has 2 rings (SSSR count). The zero-order valence-electron chi connectivity index (χ0n) is 7.59. The second-order valence-corrected chi connectivity index (χ2v) is 4.51. The highest BCUT2D eigenvalue weighted by Gasteiger charge is 2.47. The molecule has 11 heavy (non-hydrogen) atoms. The van der Waals surface area contributed by atoms with Crippen LogP contribution >= 0.6 is 0 Å². The summed E-state index contributed by atoms with van der Waals surface area (Å²) in [6.45, 7) is 8.77. The van der Waals surface area contributed by atoms with Crippen LogP contribution in [0.1, 0.15) is 26.7 Å². The Balaban J connectivity index is 2.15. The van der Waals surface area contributed by atoms with Crippen molar-refractivity contribution in [1.82, 2.24) is 0 Å². The molecule has 0 aromatic carbocycles. The minimum absolute atomic E-state index is 0.853. The SMILES string of the molecule is C=CC1CC2CC1C(C)C2C. The van der Waals surface area contributed by atoms with Gasteiger partial charge in [-0.15, -0.1) is 6.58 Å². The van der Waals surface area contributed by atoms with Gasteiger partial charge in [-0.1, -0.05) is 19.9 Å². The minimum atomic E-state index is 0.853. The van der Waals surface area contributed by atoms with Crippen LogP contribution in [0.15, 0.2) is 12.7 Å². The molecular formula is C11H18. The van der Waals surface area contributed by atoms with Crippen LogP contribution in [0.2, 0.25) is 0 Å². The first kappa shape index (κ1) is 7.39. The molecule has 0 heteroatoms. The quantitative estimate of drug-likeness (QED) is 0.504. The molecule has 0 spiro atoms. The third kappa shape index (κ3) is 0.881. The molecule has 0 nitrogen and oxygen atoms in total. The molecule has 62 valence electrons. The summed E-state index contributed by atoms with van der Waals surface area (Å²) in [5.74, 6) is 4.80. The smallest absolute Gasteiger partial charge is 0.0202 e. The van der Waals surface area contributed by atoms with E-state index in [9.17, 15) is 0 Å². The van der Waals surface area contributed by atoms with Gasteiger partial charge in [-0.2, -0.15) is 0 Å². The largest absolute Gasteiger partial charge is 0.103 e. The van der Waals surface area contributed by atoms with Crippen LogP contribution in [-0.2, 0) is 0 Å². The van der Waals surface area contributed by atoms with Crippen LogP contribution in [-0.4, -0.2) is 0 Å². The number of hydrogen-bond donors (Lipinski definition) is 0. The van der Waals surface area contributed by atoms with Crippen molar-refractivity contribution in [1.29, 1.82) is 0 Å². The lowest BCUT2D eigenvalue weighted by Crippen LogP contribution is -2.22. The number of allylic oxidation sites excluding steroid dienone is 1. The Hall–Kier alpha value is -0.260. The summed E-state index contributed by atoms with van der Waals surface area (Å²) in [7, 11) is 0. The summed E-state index contributed by atoms with van der Waals surface area (Å²) in [5, 5.41) is 0. The lowest BCUT2D eigenvalue weighted by molar-refractivity contribution is 0.218.